The molecule has 0 saturated heterocycles. The van der Waals surface area contributed by atoms with Crippen molar-refractivity contribution in [2.75, 3.05) is 5.32 Å². The third kappa shape index (κ3) is 4.18. The molecule has 0 fully saturated rings. The maximum atomic E-state index is 6.18. The number of nitrogens with one attached hydrogen (secondary N) is 1. The van der Waals surface area contributed by atoms with Crippen molar-refractivity contribution in [2.45, 2.75) is 33.1 Å². The number of halogens is 3. The van der Waals surface area contributed by atoms with E-state index < -0.39 is 0 Å². The molecule has 6 heteroatoms. The standard InChI is InChI=1S/C15H16Br2ClN3/c1-8-5-9(16)11(6-10(8)18)19-13-7-12(17)20-14(21-13)15(2,3)4/h5-7H,1-4H3,(H,19,20,21). The Kier molecular flexibility index (Phi) is 4.96. The summed E-state index contributed by atoms with van der Waals surface area (Å²) in [6, 6.07) is 5.70. The summed E-state index contributed by atoms with van der Waals surface area (Å²) in [6.07, 6.45) is 0. The zero-order chi connectivity index (χ0) is 15.8. The number of rotatable bonds is 2. The normalized spacial score (nSPS) is 11.6. The van der Waals surface area contributed by atoms with Gasteiger partial charge in [-0.1, -0.05) is 32.4 Å². The van der Waals surface area contributed by atoms with Crippen LogP contribution in [0, 0.1) is 6.92 Å². The molecular formula is C15H16Br2ClN3. The van der Waals surface area contributed by atoms with Gasteiger partial charge in [-0.15, -0.1) is 0 Å². The third-order valence-corrected chi connectivity index (χ3v) is 4.35. The number of nitrogens with zero attached hydrogens (tertiary/aromatic N) is 2. The summed E-state index contributed by atoms with van der Waals surface area (Å²) in [6.45, 7) is 8.21. The molecule has 3 nitrogen and oxygen atoms in total. The van der Waals surface area contributed by atoms with E-state index in [1.165, 1.54) is 0 Å². The highest BCUT2D eigenvalue weighted by atomic mass is 79.9. The van der Waals surface area contributed by atoms with Gasteiger partial charge < -0.3 is 5.32 Å². The molecule has 0 bridgehead atoms. The molecule has 0 aliphatic rings. The van der Waals surface area contributed by atoms with Crippen molar-refractivity contribution in [1.82, 2.24) is 9.97 Å². The van der Waals surface area contributed by atoms with Gasteiger partial charge in [-0.05, 0) is 56.5 Å². The van der Waals surface area contributed by atoms with Crippen LogP contribution in [0.4, 0.5) is 11.5 Å². The Morgan fingerprint density at radius 2 is 1.76 bits per heavy atom. The molecule has 0 spiro atoms. The molecule has 1 aromatic heterocycles. The third-order valence-electron chi connectivity index (χ3n) is 2.88. The summed E-state index contributed by atoms with van der Waals surface area (Å²) in [7, 11) is 0. The Hall–Kier alpha value is -0.650. The smallest absolute Gasteiger partial charge is 0.137 e. The second-order valence-electron chi connectivity index (χ2n) is 5.86. The molecular weight excluding hydrogens is 417 g/mol. The van der Waals surface area contributed by atoms with Crippen LogP contribution in [-0.4, -0.2) is 9.97 Å². The maximum Gasteiger partial charge on any atom is 0.137 e. The fourth-order valence-corrected chi connectivity index (χ4v) is 2.80. The predicted octanol–water partition coefficient (Wildman–Crippen LogP) is 6.00. The predicted molar refractivity (Wildman–Crippen MR) is 95.6 cm³/mol. The molecule has 21 heavy (non-hydrogen) atoms. The lowest BCUT2D eigenvalue weighted by molar-refractivity contribution is 0.544. The summed E-state index contributed by atoms with van der Waals surface area (Å²) in [4.78, 5) is 9.01. The van der Waals surface area contributed by atoms with Gasteiger partial charge in [0.15, 0.2) is 0 Å². The first-order chi connectivity index (χ1) is 9.66. The van der Waals surface area contributed by atoms with Crippen LogP contribution in [-0.2, 0) is 5.41 Å². The van der Waals surface area contributed by atoms with Gasteiger partial charge in [-0.25, -0.2) is 9.97 Å². The van der Waals surface area contributed by atoms with E-state index in [1.54, 1.807) is 0 Å². The average Bonchev–Trinajstić information content (AvgIpc) is 2.34. The van der Waals surface area contributed by atoms with Gasteiger partial charge in [-0.3, -0.25) is 0 Å². The zero-order valence-corrected chi connectivity index (χ0v) is 16.2. The number of anilines is 2. The van der Waals surface area contributed by atoms with Crippen molar-refractivity contribution >= 4 is 55.0 Å². The van der Waals surface area contributed by atoms with Crippen molar-refractivity contribution in [3.8, 4) is 0 Å². The molecule has 0 unspecified atom stereocenters. The molecule has 2 rings (SSSR count). The van der Waals surface area contributed by atoms with Crippen LogP contribution in [0.3, 0.4) is 0 Å². The van der Waals surface area contributed by atoms with Crippen LogP contribution in [0.25, 0.3) is 0 Å². The molecule has 1 aromatic carbocycles. The van der Waals surface area contributed by atoms with Gasteiger partial charge in [0.2, 0.25) is 0 Å². The van der Waals surface area contributed by atoms with E-state index in [9.17, 15) is 0 Å². The first-order valence-electron chi connectivity index (χ1n) is 6.44. The fraction of sp³-hybridized carbons (Fsp3) is 0.333. The first-order valence-corrected chi connectivity index (χ1v) is 8.41. The topological polar surface area (TPSA) is 37.8 Å². The van der Waals surface area contributed by atoms with Crippen LogP contribution >= 0.6 is 43.5 Å². The summed E-state index contributed by atoms with van der Waals surface area (Å²) >= 11 is 13.2. The summed E-state index contributed by atoms with van der Waals surface area (Å²) in [5, 5.41) is 3.99. The zero-order valence-electron chi connectivity index (χ0n) is 12.3. The van der Waals surface area contributed by atoms with E-state index in [0.29, 0.717) is 5.02 Å². The molecule has 2 aromatic rings. The Bertz CT molecular complexity index is 681. The molecule has 1 N–H and O–H groups in total. The van der Waals surface area contributed by atoms with Crippen LogP contribution in [0.2, 0.25) is 5.02 Å². The lowest BCUT2D eigenvalue weighted by Crippen LogP contribution is -2.17. The minimum atomic E-state index is -0.123. The van der Waals surface area contributed by atoms with E-state index in [-0.39, 0.29) is 5.41 Å². The molecule has 0 aliphatic carbocycles. The maximum absolute atomic E-state index is 6.18. The quantitative estimate of drug-likeness (QED) is 0.590. The van der Waals surface area contributed by atoms with Crippen LogP contribution < -0.4 is 5.32 Å². The van der Waals surface area contributed by atoms with E-state index in [2.05, 4.69) is 67.9 Å². The molecule has 0 radical (unpaired) electrons. The number of benzene rings is 1. The minimum absolute atomic E-state index is 0.123. The second-order valence-corrected chi connectivity index (χ2v) is 7.93. The van der Waals surface area contributed by atoms with Gasteiger partial charge in [-0.2, -0.15) is 0 Å². The summed E-state index contributed by atoms with van der Waals surface area (Å²) < 4.78 is 1.69. The highest BCUT2D eigenvalue weighted by Gasteiger charge is 2.19. The Balaban J connectivity index is 2.40. The number of hydrogen-bond donors (Lipinski definition) is 1. The molecule has 112 valence electrons. The largest absolute Gasteiger partial charge is 0.339 e. The lowest BCUT2D eigenvalue weighted by Gasteiger charge is -2.18. The SMILES string of the molecule is Cc1cc(Br)c(Nc2cc(Br)nc(C(C)(C)C)n2)cc1Cl. The van der Waals surface area contributed by atoms with Gasteiger partial charge in [0.05, 0.1) is 5.69 Å². The van der Waals surface area contributed by atoms with Crippen LogP contribution in [0.15, 0.2) is 27.3 Å². The van der Waals surface area contributed by atoms with E-state index in [1.807, 2.05) is 25.1 Å². The van der Waals surface area contributed by atoms with Gasteiger partial charge in [0.1, 0.15) is 16.2 Å². The summed E-state index contributed by atoms with van der Waals surface area (Å²) in [5.74, 6) is 1.50. The molecule has 1 heterocycles. The Morgan fingerprint density at radius 1 is 1.10 bits per heavy atom. The molecule has 0 atom stereocenters. The monoisotopic (exact) mass is 431 g/mol. The fourth-order valence-electron chi connectivity index (χ4n) is 1.70. The minimum Gasteiger partial charge on any atom is -0.339 e. The molecule has 0 aliphatic heterocycles. The van der Waals surface area contributed by atoms with Crippen molar-refractivity contribution in [3.63, 3.8) is 0 Å². The van der Waals surface area contributed by atoms with E-state index in [0.717, 1.165) is 32.0 Å². The average molecular weight is 434 g/mol. The Labute approximate surface area is 146 Å². The molecule has 0 saturated carbocycles. The second kappa shape index (κ2) is 6.23. The van der Waals surface area contributed by atoms with E-state index >= 15 is 0 Å². The highest BCUT2D eigenvalue weighted by molar-refractivity contribution is 9.10. The van der Waals surface area contributed by atoms with Crippen molar-refractivity contribution in [2.24, 2.45) is 0 Å². The van der Waals surface area contributed by atoms with Crippen molar-refractivity contribution in [1.29, 1.82) is 0 Å². The number of aryl methyl sites for hydroxylation is 1. The molecule has 0 amide bonds. The van der Waals surface area contributed by atoms with E-state index in [4.69, 9.17) is 11.6 Å². The Morgan fingerprint density at radius 3 is 2.38 bits per heavy atom. The van der Waals surface area contributed by atoms with Crippen molar-refractivity contribution in [3.05, 3.63) is 43.7 Å². The van der Waals surface area contributed by atoms with Gasteiger partial charge >= 0.3 is 0 Å². The highest BCUT2D eigenvalue weighted by Crippen LogP contribution is 2.32. The first kappa shape index (κ1) is 16.7. The van der Waals surface area contributed by atoms with Crippen LogP contribution in [0.5, 0.6) is 0 Å². The van der Waals surface area contributed by atoms with Gasteiger partial charge in [0, 0.05) is 21.0 Å². The summed E-state index contributed by atoms with van der Waals surface area (Å²) in [5.41, 5.74) is 1.77. The van der Waals surface area contributed by atoms with Gasteiger partial charge in [0.25, 0.3) is 0 Å². The number of hydrogen-bond acceptors (Lipinski definition) is 3. The lowest BCUT2D eigenvalue weighted by atomic mass is 9.96. The number of aromatic nitrogens is 2. The van der Waals surface area contributed by atoms with Crippen molar-refractivity contribution < 1.29 is 0 Å². The van der Waals surface area contributed by atoms with Crippen LogP contribution in [0.1, 0.15) is 32.2 Å².